The number of hydrogen-bond acceptors (Lipinski definition) is 7. The van der Waals surface area contributed by atoms with E-state index in [1.807, 2.05) is 24.3 Å². The van der Waals surface area contributed by atoms with Crippen molar-refractivity contribution in [3.8, 4) is 11.5 Å². The molecule has 1 N–H and O–H groups in total. The minimum Gasteiger partial charge on any atom is -0.493 e. The molecule has 0 unspecified atom stereocenters. The smallest absolute Gasteiger partial charge is 0.419 e. The van der Waals surface area contributed by atoms with E-state index >= 15 is 0 Å². The molecule has 2 fully saturated rings. The van der Waals surface area contributed by atoms with Gasteiger partial charge in [0.05, 0.1) is 13.2 Å². The number of ether oxygens (including phenoxy) is 3. The number of anilines is 2. The molecule has 2 heterocycles. The summed E-state index contributed by atoms with van der Waals surface area (Å²) in [5.74, 6) is 0.692. The van der Waals surface area contributed by atoms with Gasteiger partial charge in [-0.25, -0.2) is 9.59 Å². The van der Waals surface area contributed by atoms with Crippen LogP contribution in [0.4, 0.5) is 16.2 Å². The molecule has 0 spiro atoms. The third-order valence-electron chi connectivity index (χ3n) is 6.69. The van der Waals surface area contributed by atoms with Crippen LogP contribution >= 0.6 is 11.3 Å². The number of benzene rings is 2. The molecule has 2 aromatic carbocycles. The summed E-state index contributed by atoms with van der Waals surface area (Å²) < 4.78 is 16.6. The van der Waals surface area contributed by atoms with Crippen LogP contribution in [0.15, 0.2) is 60.0 Å². The number of rotatable bonds is 7. The van der Waals surface area contributed by atoms with E-state index in [2.05, 4.69) is 5.32 Å². The number of amides is 2. The highest BCUT2D eigenvalue weighted by atomic mass is 32.1. The van der Waals surface area contributed by atoms with Gasteiger partial charge in [-0.05, 0) is 73.0 Å². The highest BCUT2D eigenvalue weighted by Gasteiger charge is 2.32. The fourth-order valence-corrected chi connectivity index (χ4v) is 5.43. The van der Waals surface area contributed by atoms with E-state index in [0.717, 1.165) is 24.2 Å². The Morgan fingerprint density at radius 2 is 1.86 bits per heavy atom. The topological polar surface area (TPSA) is 94.2 Å². The molecule has 8 nitrogen and oxygen atoms in total. The predicted octanol–water partition coefficient (Wildman–Crippen LogP) is 5.99. The van der Waals surface area contributed by atoms with Crippen molar-refractivity contribution in [2.75, 3.05) is 23.9 Å². The first-order chi connectivity index (χ1) is 18.0. The van der Waals surface area contributed by atoms with E-state index < -0.39 is 12.1 Å². The maximum absolute atomic E-state index is 13.0. The van der Waals surface area contributed by atoms with E-state index in [-0.39, 0.29) is 17.9 Å². The zero-order chi connectivity index (χ0) is 25.8. The number of carbonyl (C=O) groups excluding carboxylic acids is 3. The van der Waals surface area contributed by atoms with E-state index in [1.165, 1.54) is 24.2 Å². The lowest BCUT2D eigenvalue weighted by Crippen LogP contribution is -2.24. The van der Waals surface area contributed by atoms with Gasteiger partial charge in [-0.1, -0.05) is 18.2 Å². The van der Waals surface area contributed by atoms with Crippen LogP contribution in [0.5, 0.6) is 11.5 Å². The van der Waals surface area contributed by atoms with Crippen molar-refractivity contribution in [2.24, 2.45) is 0 Å². The summed E-state index contributed by atoms with van der Waals surface area (Å²) in [7, 11) is 1.63. The summed E-state index contributed by atoms with van der Waals surface area (Å²) in [5, 5.41) is 4.29. The zero-order valence-corrected chi connectivity index (χ0v) is 21.3. The number of esters is 1. The molecule has 5 rings (SSSR count). The van der Waals surface area contributed by atoms with Crippen LogP contribution in [0.3, 0.4) is 0 Å². The maximum atomic E-state index is 13.0. The Labute approximate surface area is 219 Å². The largest absolute Gasteiger partial charge is 0.493 e. The molecule has 1 aliphatic heterocycles. The quantitative estimate of drug-likeness (QED) is 0.304. The van der Waals surface area contributed by atoms with Crippen molar-refractivity contribution < 1.29 is 28.6 Å². The van der Waals surface area contributed by atoms with Gasteiger partial charge in [-0.2, -0.15) is 0 Å². The van der Waals surface area contributed by atoms with Crippen LogP contribution in [0.1, 0.15) is 53.3 Å². The van der Waals surface area contributed by atoms with Crippen molar-refractivity contribution >= 4 is 40.7 Å². The zero-order valence-electron chi connectivity index (χ0n) is 20.5. The summed E-state index contributed by atoms with van der Waals surface area (Å²) in [5.41, 5.74) is 2.11. The molecule has 1 saturated heterocycles. The molecule has 1 aliphatic carbocycles. The molecule has 0 bridgehead atoms. The van der Waals surface area contributed by atoms with Gasteiger partial charge in [-0.3, -0.25) is 10.1 Å². The lowest BCUT2D eigenvalue weighted by atomic mass is 9.98. The molecule has 192 valence electrons. The second-order valence-electron chi connectivity index (χ2n) is 9.17. The monoisotopic (exact) mass is 520 g/mol. The molecule has 2 amide bonds. The van der Waals surface area contributed by atoms with E-state index in [0.29, 0.717) is 35.0 Å². The third kappa shape index (κ3) is 5.77. The number of nitrogens with one attached hydrogen (secondary N) is 1. The first-order valence-electron chi connectivity index (χ1n) is 12.3. The maximum Gasteiger partial charge on any atom is 0.419 e. The Kier molecular flexibility index (Phi) is 7.41. The average molecular weight is 521 g/mol. The number of hydrogen-bond donors (Lipinski definition) is 1. The number of thiophene rings is 1. The summed E-state index contributed by atoms with van der Waals surface area (Å²) >= 11 is 1.19. The average Bonchev–Trinajstić information content (AvgIpc) is 3.67. The first-order valence-corrected chi connectivity index (χ1v) is 13.2. The molecular formula is C28H28N2O6S. The second kappa shape index (κ2) is 11.0. The van der Waals surface area contributed by atoms with E-state index in [4.69, 9.17) is 14.2 Å². The molecule has 37 heavy (non-hydrogen) atoms. The number of methoxy groups -OCH3 is 1. The fourth-order valence-electron chi connectivity index (χ4n) is 4.83. The number of carbonyl (C=O) groups is 3. The molecule has 0 radical (unpaired) electrons. The van der Waals surface area contributed by atoms with Gasteiger partial charge in [0.2, 0.25) is 5.91 Å². The van der Waals surface area contributed by atoms with Crippen molar-refractivity contribution in [1.82, 2.24) is 0 Å². The van der Waals surface area contributed by atoms with Crippen LogP contribution in [-0.4, -0.2) is 37.7 Å². The van der Waals surface area contributed by atoms with Crippen molar-refractivity contribution in [2.45, 2.75) is 44.1 Å². The Balaban J connectivity index is 1.26. The predicted molar refractivity (Wildman–Crippen MR) is 141 cm³/mol. The van der Waals surface area contributed by atoms with Gasteiger partial charge < -0.3 is 19.1 Å². The second-order valence-corrected chi connectivity index (χ2v) is 10.1. The number of nitrogens with zero attached hydrogens (tertiary/aromatic N) is 1. The third-order valence-corrected chi connectivity index (χ3v) is 7.54. The lowest BCUT2D eigenvalue weighted by molar-refractivity contribution is -0.117. The van der Waals surface area contributed by atoms with Crippen molar-refractivity contribution in [1.29, 1.82) is 0 Å². The SMILES string of the molecule is COc1ccc([C@H]2CC(=O)N(c3cccc(NC(=O)OC(=O)c4cccs4)c3)C2)cc1OC1CCCC1. The standard InChI is InChI=1S/C28H28N2O6S/c1-34-23-12-11-18(14-24(23)35-22-8-2-3-9-22)19-15-26(31)30(17-19)21-7-4-6-20(16-21)29-28(33)36-27(32)25-10-5-13-37-25/h4-7,10-14,16,19,22H,2-3,8-9,15,17H2,1H3,(H,29,33)/t19-/m0/s1. The molecule has 2 aliphatic rings. The van der Waals surface area contributed by atoms with Crippen LogP contribution in [0.2, 0.25) is 0 Å². The summed E-state index contributed by atoms with van der Waals surface area (Å²) in [4.78, 5) is 39.2. The molecule has 1 saturated carbocycles. The molecular weight excluding hydrogens is 492 g/mol. The Morgan fingerprint density at radius 1 is 1.03 bits per heavy atom. The van der Waals surface area contributed by atoms with Gasteiger partial charge in [0.25, 0.3) is 0 Å². The Morgan fingerprint density at radius 3 is 2.62 bits per heavy atom. The van der Waals surface area contributed by atoms with Gasteiger partial charge in [0, 0.05) is 30.3 Å². The minimum atomic E-state index is -0.880. The van der Waals surface area contributed by atoms with E-state index in [1.54, 1.807) is 47.7 Å². The summed E-state index contributed by atoms with van der Waals surface area (Å²) in [6.07, 6.45) is 4.13. The van der Waals surface area contributed by atoms with Gasteiger partial charge in [0.15, 0.2) is 11.5 Å². The van der Waals surface area contributed by atoms with Crippen LogP contribution in [-0.2, 0) is 9.53 Å². The fraction of sp³-hybridized carbons (Fsp3) is 0.321. The van der Waals surface area contributed by atoms with Gasteiger partial charge in [0.1, 0.15) is 4.88 Å². The van der Waals surface area contributed by atoms with Crippen LogP contribution in [0, 0.1) is 0 Å². The minimum absolute atomic E-state index is 0.00525. The normalized spacial score (nSPS) is 17.6. The first kappa shape index (κ1) is 24.8. The summed E-state index contributed by atoms with van der Waals surface area (Å²) in [6.45, 7) is 0.499. The molecule has 3 aromatic rings. The highest BCUT2D eigenvalue weighted by molar-refractivity contribution is 7.12. The van der Waals surface area contributed by atoms with Crippen molar-refractivity contribution in [3.63, 3.8) is 0 Å². The molecule has 9 heteroatoms. The lowest BCUT2D eigenvalue weighted by Gasteiger charge is -2.20. The molecule has 1 atom stereocenters. The highest BCUT2D eigenvalue weighted by Crippen LogP contribution is 2.38. The summed E-state index contributed by atoms with van der Waals surface area (Å²) in [6, 6.07) is 16.1. The Bertz CT molecular complexity index is 1290. The molecule has 1 aromatic heterocycles. The van der Waals surface area contributed by atoms with Crippen LogP contribution < -0.4 is 19.7 Å². The Hall–Kier alpha value is -3.85. The van der Waals surface area contributed by atoms with E-state index in [9.17, 15) is 14.4 Å². The van der Waals surface area contributed by atoms with Gasteiger partial charge >= 0.3 is 12.1 Å². The van der Waals surface area contributed by atoms with Crippen LogP contribution in [0.25, 0.3) is 0 Å². The van der Waals surface area contributed by atoms with Gasteiger partial charge in [-0.15, -0.1) is 11.3 Å². The van der Waals surface area contributed by atoms with Crippen molar-refractivity contribution in [3.05, 3.63) is 70.4 Å².